The van der Waals surface area contributed by atoms with E-state index in [1.54, 1.807) is 7.05 Å². The number of fused-ring (bicyclic) bond motifs is 1. The molecule has 142 valence electrons. The van der Waals surface area contributed by atoms with E-state index in [0.29, 0.717) is 10.3 Å². The van der Waals surface area contributed by atoms with Crippen LogP contribution < -0.4 is 11.0 Å². The molecule has 1 N–H and O–H groups in total. The van der Waals surface area contributed by atoms with Crippen LogP contribution in [0.15, 0.2) is 34.7 Å². The quantitative estimate of drug-likeness (QED) is 0.495. The van der Waals surface area contributed by atoms with Gasteiger partial charge in [-0.25, -0.2) is 10.4 Å². The third-order valence-electron chi connectivity index (χ3n) is 3.42. The summed E-state index contributed by atoms with van der Waals surface area (Å²) in [5, 5.41) is 11.4. The zero-order chi connectivity index (χ0) is 19.6. The Labute approximate surface area is 148 Å². The topological polar surface area (TPSA) is 112 Å². The molecule has 13 heteroatoms. The van der Waals surface area contributed by atoms with Crippen molar-refractivity contribution in [2.45, 2.75) is 19.3 Å². The SMILES string of the molecule is Cn1ncc2c(=O)n(CC(=O)N/N=C\c3ccn(CC(F)(F)F)n3)cnc21. The van der Waals surface area contributed by atoms with E-state index >= 15 is 0 Å². The van der Waals surface area contributed by atoms with Crippen LogP contribution in [0.5, 0.6) is 0 Å². The minimum atomic E-state index is -4.38. The lowest BCUT2D eigenvalue weighted by molar-refractivity contribution is -0.142. The van der Waals surface area contributed by atoms with Crippen molar-refractivity contribution in [1.29, 1.82) is 0 Å². The van der Waals surface area contributed by atoms with Gasteiger partial charge in [-0.05, 0) is 6.07 Å². The van der Waals surface area contributed by atoms with Crippen LogP contribution in [-0.4, -0.2) is 47.4 Å². The standard InChI is InChI=1S/C14H13F3N8O2/c1-23-12-10(5-20-23)13(27)24(8-18-12)6-11(26)21-19-4-9-2-3-25(22-9)7-14(15,16)17/h2-5,8H,6-7H2,1H3,(H,21,26)/b19-4-. The van der Waals surface area contributed by atoms with Gasteiger partial charge in [0.15, 0.2) is 5.65 Å². The van der Waals surface area contributed by atoms with Gasteiger partial charge in [-0.2, -0.15) is 28.5 Å². The molecular weight excluding hydrogens is 369 g/mol. The van der Waals surface area contributed by atoms with E-state index in [1.807, 2.05) is 0 Å². The molecule has 27 heavy (non-hydrogen) atoms. The van der Waals surface area contributed by atoms with E-state index < -0.39 is 24.2 Å². The largest absolute Gasteiger partial charge is 0.408 e. The van der Waals surface area contributed by atoms with Gasteiger partial charge in [0.05, 0.1) is 12.4 Å². The Balaban J connectivity index is 1.61. The maximum absolute atomic E-state index is 12.3. The molecular formula is C14H13F3N8O2. The number of alkyl halides is 3. The van der Waals surface area contributed by atoms with Crippen LogP contribution in [0.3, 0.4) is 0 Å². The summed E-state index contributed by atoms with van der Waals surface area (Å²) in [6, 6.07) is 1.31. The van der Waals surface area contributed by atoms with Crippen LogP contribution in [-0.2, 0) is 24.9 Å². The van der Waals surface area contributed by atoms with Crippen molar-refractivity contribution in [3.05, 3.63) is 40.8 Å². The van der Waals surface area contributed by atoms with Gasteiger partial charge in [-0.1, -0.05) is 0 Å². The summed E-state index contributed by atoms with van der Waals surface area (Å²) >= 11 is 0. The molecule has 0 saturated heterocycles. The molecule has 0 saturated carbocycles. The van der Waals surface area contributed by atoms with Gasteiger partial charge in [0, 0.05) is 13.2 Å². The fourth-order valence-electron chi connectivity index (χ4n) is 2.26. The second-order valence-electron chi connectivity index (χ2n) is 5.53. The minimum absolute atomic E-state index is 0.134. The summed E-state index contributed by atoms with van der Waals surface area (Å²) in [7, 11) is 1.64. The first kappa shape index (κ1) is 18.3. The summed E-state index contributed by atoms with van der Waals surface area (Å²) in [6.45, 7) is -1.56. The van der Waals surface area contributed by atoms with Gasteiger partial charge >= 0.3 is 6.18 Å². The van der Waals surface area contributed by atoms with Crippen molar-refractivity contribution in [1.82, 2.24) is 34.5 Å². The average Bonchev–Trinajstić information content (AvgIpc) is 3.16. The maximum Gasteiger partial charge on any atom is 0.408 e. The Morgan fingerprint density at radius 1 is 1.41 bits per heavy atom. The molecule has 10 nitrogen and oxygen atoms in total. The van der Waals surface area contributed by atoms with Gasteiger partial charge in [0.25, 0.3) is 11.5 Å². The molecule has 3 heterocycles. The lowest BCUT2D eigenvalue weighted by Gasteiger charge is -2.05. The summed E-state index contributed by atoms with van der Waals surface area (Å²) in [5.41, 5.74) is 2.26. The van der Waals surface area contributed by atoms with Gasteiger partial charge in [0.1, 0.15) is 30.5 Å². The number of nitrogens with one attached hydrogen (secondary N) is 1. The zero-order valence-corrected chi connectivity index (χ0v) is 13.9. The third kappa shape index (κ3) is 4.37. The van der Waals surface area contributed by atoms with Crippen LogP contribution in [0, 0.1) is 0 Å². The molecule has 0 fully saturated rings. The first-order chi connectivity index (χ1) is 12.7. The Morgan fingerprint density at radius 2 is 2.19 bits per heavy atom. The number of rotatable bonds is 5. The third-order valence-corrected chi connectivity index (χ3v) is 3.42. The molecule has 0 spiro atoms. The highest BCUT2D eigenvalue weighted by molar-refractivity contribution is 5.81. The second-order valence-corrected chi connectivity index (χ2v) is 5.53. The molecule has 0 aromatic carbocycles. The minimum Gasteiger partial charge on any atom is -0.289 e. The highest BCUT2D eigenvalue weighted by atomic mass is 19.4. The number of nitrogens with zero attached hydrogens (tertiary/aromatic N) is 7. The first-order valence-electron chi connectivity index (χ1n) is 7.52. The number of hydrogen-bond acceptors (Lipinski definition) is 6. The van der Waals surface area contributed by atoms with Gasteiger partial charge in [-0.15, -0.1) is 0 Å². The fraction of sp³-hybridized carbons (Fsp3) is 0.286. The lowest BCUT2D eigenvalue weighted by atomic mass is 10.4. The van der Waals surface area contributed by atoms with Crippen molar-refractivity contribution < 1.29 is 18.0 Å². The van der Waals surface area contributed by atoms with Crippen LogP contribution in [0.25, 0.3) is 11.0 Å². The smallest absolute Gasteiger partial charge is 0.289 e. The number of hydrogen-bond donors (Lipinski definition) is 1. The van der Waals surface area contributed by atoms with E-state index in [0.717, 1.165) is 17.0 Å². The van der Waals surface area contributed by atoms with Crippen LogP contribution in [0.2, 0.25) is 0 Å². The van der Waals surface area contributed by atoms with E-state index in [9.17, 15) is 22.8 Å². The lowest BCUT2D eigenvalue weighted by Crippen LogP contribution is -2.30. The van der Waals surface area contributed by atoms with Crippen molar-refractivity contribution in [3.63, 3.8) is 0 Å². The number of amides is 1. The van der Waals surface area contributed by atoms with Gasteiger partial charge in [0.2, 0.25) is 0 Å². The molecule has 0 aliphatic rings. The molecule has 0 aliphatic heterocycles. The molecule has 3 aromatic rings. The van der Waals surface area contributed by atoms with Gasteiger partial charge < -0.3 is 0 Å². The molecule has 0 bridgehead atoms. The maximum atomic E-state index is 12.3. The summed E-state index contributed by atoms with van der Waals surface area (Å²) in [4.78, 5) is 28.2. The molecule has 0 atom stereocenters. The normalized spacial score (nSPS) is 12.1. The zero-order valence-electron chi connectivity index (χ0n) is 13.9. The van der Waals surface area contributed by atoms with E-state index in [1.165, 1.54) is 23.3 Å². The predicted octanol–water partition coefficient (Wildman–Crippen LogP) is 0.0391. The Morgan fingerprint density at radius 3 is 2.93 bits per heavy atom. The highest BCUT2D eigenvalue weighted by Crippen LogP contribution is 2.16. The number of aryl methyl sites for hydroxylation is 1. The number of carbonyl (C=O) groups is 1. The Kier molecular flexibility index (Phi) is 4.75. The highest BCUT2D eigenvalue weighted by Gasteiger charge is 2.28. The number of hydrazone groups is 1. The molecule has 0 unspecified atom stereocenters. The molecule has 0 radical (unpaired) electrons. The van der Waals surface area contributed by atoms with E-state index in [2.05, 4.69) is 25.7 Å². The summed E-state index contributed by atoms with van der Waals surface area (Å²) < 4.78 is 40.0. The summed E-state index contributed by atoms with van der Waals surface area (Å²) in [6.07, 6.45) is 0.426. The van der Waals surface area contributed by atoms with Crippen LogP contribution in [0.1, 0.15) is 5.69 Å². The summed E-state index contributed by atoms with van der Waals surface area (Å²) in [5.74, 6) is -0.617. The van der Waals surface area contributed by atoms with E-state index in [4.69, 9.17) is 0 Å². The second kappa shape index (κ2) is 7.01. The van der Waals surface area contributed by atoms with Crippen LogP contribution >= 0.6 is 0 Å². The Hall–Kier alpha value is -3.51. The van der Waals surface area contributed by atoms with Crippen LogP contribution in [0.4, 0.5) is 13.2 Å². The predicted molar refractivity (Wildman–Crippen MR) is 86.8 cm³/mol. The number of halogens is 3. The van der Waals surface area contributed by atoms with Crippen molar-refractivity contribution in [2.24, 2.45) is 12.1 Å². The van der Waals surface area contributed by atoms with Crippen molar-refractivity contribution in [2.75, 3.05) is 0 Å². The molecule has 0 aliphatic carbocycles. The number of aromatic nitrogens is 6. The average molecular weight is 382 g/mol. The fourth-order valence-corrected chi connectivity index (χ4v) is 2.26. The molecule has 3 rings (SSSR count). The molecule has 1 amide bonds. The Bertz CT molecular complexity index is 1060. The van der Waals surface area contributed by atoms with Crippen molar-refractivity contribution >= 4 is 23.2 Å². The monoisotopic (exact) mass is 382 g/mol. The van der Waals surface area contributed by atoms with Crippen molar-refractivity contribution in [3.8, 4) is 0 Å². The van der Waals surface area contributed by atoms with E-state index in [-0.39, 0.29) is 17.6 Å². The van der Waals surface area contributed by atoms with Gasteiger partial charge in [-0.3, -0.25) is 23.5 Å². The number of carbonyl (C=O) groups excluding carboxylic acids is 1. The first-order valence-corrected chi connectivity index (χ1v) is 7.52. The molecule has 3 aromatic heterocycles.